The van der Waals surface area contributed by atoms with E-state index in [4.69, 9.17) is 4.74 Å². The highest BCUT2D eigenvalue weighted by atomic mass is 32.2. The van der Waals surface area contributed by atoms with E-state index in [9.17, 15) is 0 Å². The van der Waals surface area contributed by atoms with Gasteiger partial charge in [0, 0.05) is 65.8 Å². The molecule has 1 fully saturated rings. The number of nitrogens with zero attached hydrogens (tertiary/aromatic N) is 2. The zero-order valence-electron chi connectivity index (χ0n) is 14.3. The molecule has 2 aromatic heterocycles. The quantitative estimate of drug-likeness (QED) is 0.785. The predicted octanol–water partition coefficient (Wildman–Crippen LogP) is 3.72. The van der Waals surface area contributed by atoms with Crippen molar-refractivity contribution in [2.45, 2.75) is 20.1 Å². The first-order valence-corrected chi connectivity index (χ1v) is 9.60. The van der Waals surface area contributed by atoms with Crippen molar-refractivity contribution in [2.75, 3.05) is 31.7 Å². The molecule has 3 aromatic rings. The van der Waals surface area contributed by atoms with Gasteiger partial charge in [-0.1, -0.05) is 12.1 Å². The second-order valence-corrected chi connectivity index (χ2v) is 7.62. The zero-order chi connectivity index (χ0) is 16.5. The fourth-order valence-corrected chi connectivity index (χ4v) is 4.60. The number of rotatable bonds is 4. The Labute approximate surface area is 146 Å². The topological polar surface area (TPSA) is 41.1 Å². The van der Waals surface area contributed by atoms with E-state index in [1.165, 1.54) is 52.0 Å². The molecule has 0 amide bonds. The Morgan fingerprint density at radius 3 is 2.83 bits per heavy atom. The fraction of sp³-hybridized carbons (Fsp3) is 0.421. The first-order chi connectivity index (χ1) is 11.8. The van der Waals surface area contributed by atoms with E-state index in [2.05, 4.69) is 51.8 Å². The summed E-state index contributed by atoms with van der Waals surface area (Å²) in [4.78, 5) is 10.6. The van der Waals surface area contributed by atoms with Crippen LogP contribution >= 0.6 is 11.8 Å². The molecule has 3 heterocycles. The first kappa shape index (κ1) is 15.9. The molecule has 0 atom stereocenters. The van der Waals surface area contributed by atoms with Crippen molar-refractivity contribution in [3.63, 3.8) is 0 Å². The largest absolute Gasteiger partial charge is 0.380 e. The fourth-order valence-electron chi connectivity index (χ4n) is 3.63. The highest BCUT2D eigenvalue weighted by Crippen LogP contribution is 2.33. The normalized spacial score (nSPS) is 16.2. The molecule has 1 aromatic carbocycles. The molecule has 0 bridgehead atoms. The molecule has 0 saturated carbocycles. The highest BCUT2D eigenvalue weighted by Gasteiger charge is 2.17. The molecule has 24 heavy (non-hydrogen) atoms. The Bertz CT molecular complexity index is 868. The molecule has 5 heteroatoms. The zero-order valence-corrected chi connectivity index (χ0v) is 15.1. The van der Waals surface area contributed by atoms with Gasteiger partial charge in [0.05, 0.1) is 18.3 Å². The van der Waals surface area contributed by atoms with Gasteiger partial charge in [-0.05, 0) is 18.6 Å². The molecule has 4 nitrogen and oxygen atoms in total. The number of methoxy groups -OCH3 is 1. The number of aromatic nitrogens is 2. The van der Waals surface area contributed by atoms with Crippen LogP contribution in [0.3, 0.4) is 0 Å². The van der Waals surface area contributed by atoms with Gasteiger partial charge in [0.25, 0.3) is 0 Å². The number of nitrogens with one attached hydrogen (secondary N) is 1. The van der Waals surface area contributed by atoms with Crippen molar-refractivity contribution in [3.8, 4) is 0 Å². The summed E-state index contributed by atoms with van der Waals surface area (Å²) in [5.74, 6) is 2.48. The number of thioether (sulfide) groups is 1. The lowest BCUT2D eigenvalue weighted by Gasteiger charge is -2.26. The van der Waals surface area contributed by atoms with Crippen LogP contribution in [0.2, 0.25) is 0 Å². The standard InChI is InChI=1S/C19H23N3OS/c1-13-15(12-23-2)19-17(10-20-13)21-16-5-3-4-14(18(16)19)11-22-6-8-24-9-7-22/h3-5,10,21H,6-9,11-12H2,1-2H3. The van der Waals surface area contributed by atoms with Crippen LogP contribution < -0.4 is 0 Å². The van der Waals surface area contributed by atoms with E-state index in [-0.39, 0.29) is 0 Å². The summed E-state index contributed by atoms with van der Waals surface area (Å²) >= 11 is 2.06. The molecular formula is C19H23N3OS. The van der Waals surface area contributed by atoms with E-state index < -0.39 is 0 Å². The number of ether oxygens (including phenoxy) is 1. The molecule has 0 spiro atoms. The Morgan fingerprint density at radius 2 is 2.04 bits per heavy atom. The van der Waals surface area contributed by atoms with Crippen LogP contribution in [0.25, 0.3) is 21.8 Å². The van der Waals surface area contributed by atoms with E-state index in [1.807, 2.05) is 6.20 Å². The van der Waals surface area contributed by atoms with Crippen LogP contribution in [0.1, 0.15) is 16.8 Å². The maximum Gasteiger partial charge on any atom is 0.0737 e. The molecule has 4 rings (SSSR count). The Hall–Kier alpha value is -1.56. The average molecular weight is 341 g/mol. The smallest absolute Gasteiger partial charge is 0.0737 e. The number of hydrogen-bond acceptors (Lipinski definition) is 4. The van der Waals surface area contributed by atoms with Gasteiger partial charge in [-0.25, -0.2) is 0 Å². The molecule has 0 radical (unpaired) electrons. The van der Waals surface area contributed by atoms with Gasteiger partial charge < -0.3 is 9.72 Å². The van der Waals surface area contributed by atoms with Gasteiger partial charge in [-0.2, -0.15) is 11.8 Å². The average Bonchev–Trinajstić information content (AvgIpc) is 2.98. The second kappa shape index (κ2) is 6.75. The Balaban J connectivity index is 1.88. The molecule has 1 saturated heterocycles. The van der Waals surface area contributed by atoms with Gasteiger partial charge in [0.15, 0.2) is 0 Å². The molecular weight excluding hydrogens is 318 g/mol. The SMILES string of the molecule is COCc1c(C)ncc2[nH]c3cccc(CN4CCSCC4)c3c12. The van der Waals surface area contributed by atoms with Gasteiger partial charge in [-0.3, -0.25) is 9.88 Å². The third kappa shape index (κ3) is 2.81. The predicted molar refractivity (Wildman–Crippen MR) is 102 cm³/mol. The number of aromatic amines is 1. The number of hydrogen-bond donors (Lipinski definition) is 1. The van der Waals surface area contributed by atoms with Gasteiger partial charge in [0.1, 0.15) is 0 Å². The van der Waals surface area contributed by atoms with Crippen LogP contribution in [0.15, 0.2) is 24.4 Å². The van der Waals surface area contributed by atoms with Gasteiger partial charge in [0.2, 0.25) is 0 Å². The Kier molecular flexibility index (Phi) is 4.48. The summed E-state index contributed by atoms with van der Waals surface area (Å²) < 4.78 is 5.46. The maximum absolute atomic E-state index is 5.46. The van der Waals surface area contributed by atoms with E-state index >= 15 is 0 Å². The summed E-state index contributed by atoms with van der Waals surface area (Å²) in [5, 5.41) is 2.62. The number of benzene rings is 1. The van der Waals surface area contributed by atoms with E-state index in [0.717, 1.165) is 17.8 Å². The van der Waals surface area contributed by atoms with Crippen LogP contribution in [-0.2, 0) is 17.9 Å². The number of fused-ring (bicyclic) bond motifs is 3. The minimum absolute atomic E-state index is 0.595. The monoisotopic (exact) mass is 341 g/mol. The van der Waals surface area contributed by atoms with Crippen molar-refractivity contribution in [1.82, 2.24) is 14.9 Å². The van der Waals surface area contributed by atoms with E-state index in [1.54, 1.807) is 7.11 Å². The van der Waals surface area contributed by atoms with Crippen LogP contribution in [-0.4, -0.2) is 46.6 Å². The number of pyridine rings is 1. The van der Waals surface area contributed by atoms with Crippen LogP contribution in [0, 0.1) is 6.92 Å². The molecule has 1 aliphatic rings. The van der Waals surface area contributed by atoms with Crippen molar-refractivity contribution in [1.29, 1.82) is 0 Å². The summed E-state index contributed by atoms with van der Waals surface area (Å²) in [5.41, 5.74) is 5.94. The summed E-state index contributed by atoms with van der Waals surface area (Å²) in [6.07, 6.45) is 1.95. The van der Waals surface area contributed by atoms with Gasteiger partial charge in [-0.15, -0.1) is 0 Å². The Morgan fingerprint density at radius 1 is 1.21 bits per heavy atom. The molecule has 0 aliphatic carbocycles. The van der Waals surface area contributed by atoms with Gasteiger partial charge >= 0.3 is 0 Å². The molecule has 126 valence electrons. The number of aryl methyl sites for hydroxylation is 1. The van der Waals surface area contributed by atoms with Crippen molar-refractivity contribution in [3.05, 3.63) is 41.2 Å². The lowest BCUT2D eigenvalue weighted by Crippen LogP contribution is -2.32. The minimum Gasteiger partial charge on any atom is -0.380 e. The second-order valence-electron chi connectivity index (χ2n) is 6.40. The summed E-state index contributed by atoms with van der Waals surface area (Å²) in [6.45, 7) is 6.03. The third-order valence-electron chi connectivity index (χ3n) is 4.85. The minimum atomic E-state index is 0.595. The van der Waals surface area contributed by atoms with Crippen LogP contribution in [0.4, 0.5) is 0 Å². The molecule has 1 aliphatic heterocycles. The maximum atomic E-state index is 5.46. The van der Waals surface area contributed by atoms with Crippen molar-refractivity contribution in [2.24, 2.45) is 0 Å². The summed E-state index contributed by atoms with van der Waals surface area (Å²) in [6, 6.07) is 6.59. The van der Waals surface area contributed by atoms with Crippen molar-refractivity contribution >= 4 is 33.6 Å². The van der Waals surface area contributed by atoms with Crippen molar-refractivity contribution < 1.29 is 4.74 Å². The summed E-state index contributed by atoms with van der Waals surface area (Å²) in [7, 11) is 1.75. The lowest BCUT2D eigenvalue weighted by molar-refractivity contribution is 0.185. The molecule has 0 unspecified atom stereocenters. The number of H-pyrrole nitrogens is 1. The molecule has 1 N–H and O–H groups in total. The first-order valence-electron chi connectivity index (χ1n) is 8.44. The lowest BCUT2D eigenvalue weighted by atomic mass is 10.0. The van der Waals surface area contributed by atoms with E-state index in [0.29, 0.717) is 6.61 Å². The van der Waals surface area contributed by atoms with Crippen LogP contribution in [0.5, 0.6) is 0 Å². The third-order valence-corrected chi connectivity index (χ3v) is 5.79. The highest BCUT2D eigenvalue weighted by molar-refractivity contribution is 7.99.